The number of nitrogens with zero attached hydrogens (tertiary/aromatic N) is 2. The molecule has 2 rings (SSSR count). The molecule has 202 valence electrons. The van der Waals surface area contributed by atoms with Gasteiger partial charge < -0.3 is 0 Å². The fourth-order valence-electron chi connectivity index (χ4n) is 5.16. The molecule has 2 aromatic rings. The van der Waals surface area contributed by atoms with Crippen LogP contribution < -0.4 is 9.13 Å². The average Bonchev–Trinajstić information content (AvgIpc) is 2.91. The number of hydrogen-bond acceptors (Lipinski definition) is 0. The Hall–Kier alpha value is -1.70. The molecule has 0 radical (unpaired) electrons. The van der Waals surface area contributed by atoms with Gasteiger partial charge in [-0.1, -0.05) is 117 Å². The molecule has 0 saturated carbocycles. The zero-order valence-corrected chi connectivity index (χ0v) is 24.1. The molecule has 0 aliphatic rings. The molecule has 0 bridgehead atoms. The van der Waals surface area contributed by atoms with Gasteiger partial charge in [0.05, 0.1) is 0 Å². The Balaban J connectivity index is 1.53. The highest BCUT2D eigenvalue weighted by atomic mass is 14.9. The van der Waals surface area contributed by atoms with E-state index >= 15 is 0 Å². The van der Waals surface area contributed by atoms with Gasteiger partial charge in [0, 0.05) is 37.1 Å². The standard InChI is InChI=1S/C34H58N2/c1-3-5-7-9-11-13-15-17-19-21-27-35-29-23-33(24-30-35)34-25-31-36(32-26-34)28-22-20-18-16-14-12-10-8-6-4-2/h23-26,29-32H,3-22,27-28H2,1-2H3/q+2. The maximum Gasteiger partial charge on any atom is 0.169 e. The molecule has 2 heteroatoms. The van der Waals surface area contributed by atoms with Crippen LogP contribution in [0.2, 0.25) is 0 Å². The van der Waals surface area contributed by atoms with E-state index in [4.69, 9.17) is 0 Å². The second kappa shape index (κ2) is 21.4. The Morgan fingerprint density at radius 1 is 0.361 bits per heavy atom. The van der Waals surface area contributed by atoms with E-state index in [0.717, 1.165) is 13.1 Å². The lowest BCUT2D eigenvalue weighted by Gasteiger charge is -2.03. The van der Waals surface area contributed by atoms with Gasteiger partial charge in [-0.2, -0.15) is 0 Å². The Kier molecular flexibility index (Phi) is 18.1. The third-order valence-corrected chi connectivity index (χ3v) is 7.66. The maximum atomic E-state index is 2.35. The van der Waals surface area contributed by atoms with Crippen molar-refractivity contribution in [3.05, 3.63) is 49.1 Å². The Morgan fingerprint density at radius 3 is 0.889 bits per heavy atom. The van der Waals surface area contributed by atoms with E-state index in [0.29, 0.717) is 0 Å². The molecule has 0 unspecified atom stereocenters. The van der Waals surface area contributed by atoms with Crippen LogP contribution in [0.5, 0.6) is 0 Å². The monoisotopic (exact) mass is 494 g/mol. The highest BCUT2D eigenvalue weighted by Gasteiger charge is 2.06. The molecular formula is C34H58N2+2. The molecule has 36 heavy (non-hydrogen) atoms. The molecule has 0 spiro atoms. The van der Waals surface area contributed by atoms with Crippen LogP contribution in [0, 0.1) is 0 Å². The predicted molar refractivity (Wildman–Crippen MR) is 156 cm³/mol. The van der Waals surface area contributed by atoms with Crippen molar-refractivity contribution in [1.82, 2.24) is 0 Å². The third-order valence-electron chi connectivity index (χ3n) is 7.66. The number of aromatic nitrogens is 2. The topological polar surface area (TPSA) is 7.76 Å². The lowest BCUT2D eigenvalue weighted by molar-refractivity contribution is -0.697. The highest BCUT2D eigenvalue weighted by Crippen LogP contribution is 2.16. The normalized spacial score (nSPS) is 11.3. The minimum absolute atomic E-state index is 1.14. The maximum absolute atomic E-state index is 2.35. The van der Waals surface area contributed by atoms with Gasteiger partial charge in [-0.15, -0.1) is 0 Å². The summed E-state index contributed by atoms with van der Waals surface area (Å²) in [6, 6.07) is 9.10. The van der Waals surface area contributed by atoms with Crippen LogP contribution in [0.4, 0.5) is 0 Å². The van der Waals surface area contributed by atoms with Crippen LogP contribution in [0.1, 0.15) is 142 Å². The second-order valence-corrected chi connectivity index (χ2v) is 11.0. The number of rotatable bonds is 23. The first-order valence-electron chi connectivity index (χ1n) is 15.8. The molecule has 2 aromatic heterocycles. The van der Waals surface area contributed by atoms with Gasteiger partial charge in [-0.3, -0.25) is 0 Å². The van der Waals surface area contributed by atoms with Crippen molar-refractivity contribution < 1.29 is 9.13 Å². The first-order valence-corrected chi connectivity index (χ1v) is 15.8. The quantitative estimate of drug-likeness (QED) is 0.107. The fourth-order valence-corrected chi connectivity index (χ4v) is 5.16. The first kappa shape index (κ1) is 30.5. The molecular weight excluding hydrogens is 436 g/mol. The zero-order chi connectivity index (χ0) is 25.5. The Labute approximate surface area is 224 Å². The van der Waals surface area contributed by atoms with Crippen molar-refractivity contribution in [2.24, 2.45) is 0 Å². The summed E-state index contributed by atoms with van der Waals surface area (Å²) in [5.41, 5.74) is 2.64. The molecule has 0 N–H and O–H groups in total. The minimum Gasteiger partial charge on any atom is -0.205 e. The van der Waals surface area contributed by atoms with Crippen molar-refractivity contribution in [2.75, 3.05) is 0 Å². The molecule has 0 amide bonds. The number of hydrogen-bond donors (Lipinski definition) is 0. The fraction of sp³-hybridized carbons (Fsp3) is 0.706. The smallest absolute Gasteiger partial charge is 0.169 e. The van der Waals surface area contributed by atoms with E-state index in [2.05, 4.69) is 72.0 Å². The van der Waals surface area contributed by atoms with Crippen LogP contribution in [0.15, 0.2) is 49.1 Å². The van der Waals surface area contributed by atoms with Crippen molar-refractivity contribution >= 4 is 0 Å². The zero-order valence-electron chi connectivity index (χ0n) is 24.1. The lowest BCUT2D eigenvalue weighted by atomic mass is 10.1. The number of aryl methyl sites for hydroxylation is 2. The van der Waals surface area contributed by atoms with Crippen molar-refractivity contribution in [2.45, 2.75) is 155 Å². The summed E-state index contributed by atoms with van der Waals surface area (Å²) >= 11 is 0. The summed E-state index contributed by atoms with van der Waals surface area (Å²) in [5, 5.41) is 0. The predicted octanol–water partition coefficient (Wildman–Crippen LogP) is 9.77. The lowest BCUT2D eigenvalue weighted by Crippen LogP contribution is -2.33. The number of unbranched alkanes of at least 4 members (excludes halogenated alkanes) is 18. The summed E-state index contributed by atoms with van der Waals surface area (Å²) in [5.74, 6) is 0. The van der Waals surface area contributed by atoms with Crippen LogP contribution >= 0.6 is 0 Å². The Bertz CT molecular complexity index is 669. The van der Waals surface area contributed by atoms with E-state index in [1.54, 1.807) is 0 Å². The minimum atomic E-state index is 1.14. The van der Waals surface area contributed by atoms with Gasteiger partial charge in [0.15, 0.2) is 24.8 Å². The molecule has 0 atom stereocenters. The first-order chi connectivity index (χ1) is 17.8. The Morgan fingerprint density at radius 2 is 0.611 bits per heavy atom. The van der Waals surface area contributed by atoms with E-state index in [9.17, 15) is 0 Å². The van der Waals surface area contributed by atoms with Crippen molar-refractivity contribution in [3.8, 4) is 11.1 Å². The van der Waals surface area contributed by atoms with Gasteiger partial charge in [0.2, 0.25) is 0 Å². The van der Waals surface area contributed by atoms with Gasteiger partial charge in [-0.25, -0.2) is 9.13 Å². The summed E-state index contributed by atoms with van der Waals surface area (Å²) < 4.78 is 4.70. The largest absolute Gasteiger partial charge is 0.205 e. The molecule has 0 aliphatic heterocycles. The van der Waals surface area contributed by atoms with E-state index < -0.39 is 0 Å². The van der Waals surface area contributed by atoms with E-state index in [1.807, 2.05) is 0 Å². The average molecular weight is 495 g/mol. The molecule has 0 saturated heterocycles. The van der Waals surface area contributed by atoms with Crippen LogP contribution in [0.3, 0.4) is 0 Å². The molecule has 2 heterocycles. The summed E-state index contributed by atoms with van der Waals surface area (Å²) in [4.78, 5) is 0. The van der Waals surface area contributed by atoms with Gasteiger partial charge in [0.1, 0.15) is 13.1 Å². The van der Waals surface area contributed by atoms with Crippen LogP contribution in [0.25, 0.3) is 11.1 Å². The second-order valence-electron chi connectivity index (χ2n) is 11.0. The van der Waals surface area contributed by atoms with Gasteiger partial charge in [0.25, 0.3) is 0 Å². The van der Waals surface area contributed by atoms with Crippen LogP contribution in [-0.4, -0.2) is 0 Å². The van der Waals surface area contributed by atoms with E-state index in [-0.39, 0.29) is 0 Å². The third kappa shape index (κ3) is 14.8. The highest BCUT2D eigenvalue weighted by molar-refractivity contribution is 5.60. The molecule has 0 fully saturated rings. The van der Waals surface area contributed by atoms with E-state index in [1.165, 1.54) is 140 Å². The van der Waals surface area contributed by atoms with Crippen molar-refractivity contribution in [3.63, 3.8) is 0 Å². The summed E-state index contributed by atoms with van der Waals surface area (Å²) in [7, 11) is 0. The SMILES string of the molecule is CCCCCCCCCCCC[n+]1ccc(-c2cc[n+](CCCCCCCCCCCC)cc2)cc1. The number of pyridine rings is 2. The van der Waals surface area contributed by atoms with Crippen LogP contribution in [-0.2, 0) is 13.1 Å². The van der Waals surface area contributed by atoms with Crippen molar-refractivity contribution in [1.29, 1.82) is 0 Å². The molecule has 0 aliphatic carbocycles. The summed E-state index contributed by atoms with van der Waals surface area (Å²) in [6.45, 7) is 6.87. The van der Waals surface area contributed by atoms with Gasteiger partial charge >= 0.3 is 0 Å². The summed E-state index contributed by atoms with van der Waals surface area (Å²) in [6.07, 6.45) is 37.0. The molecule has 2 nitrogen and oxygen atoms in total. The molecule has 0 aromatic carbocycles. The van der Waals surface area contributed by atoms with Gasteiger partial charge in [-0.05, 0) is 24.0 Å².